The molecule has 2 saturated heterocycles. The highest BCUT2D eigenvalue weighted by Crippen LogP contribution is 2.36. The molecular formula is C27H34Cl2FN3O2. The normalized spacial score (nSPS) is 19.1. The zero-order valence-corrected chi connectivity index (χ0v) is 21.7. The second kappa shape index (κ2) is 11.9. The van der Waals surface area contributed by atoms with Crippen LogP contribution in [0.4, 0.5) is 4.39 Å². The van der Waals surface area contributed by atoms with Crippen LogP contribution in [-0.4, -0.2) is 60.6 Å². The van der Waals surface area contributed by atoms with E-state index < -0.39 is 11.9 Å². The van der Waals surface area contributed by atoms with Crippen molar-refractivity contribution in [2.24, 2.45) is 5.73 Å². The number of amides is 1. The van der Waals surface area contributed by atoms with Crippen LogP contribution in [0.25, 0.3) is 0 Å². The predicted molar refractivity (Wildman–Crippen MR) is 139 cm³/mol. The van der Waals surface area contributed by atoms with Crippen LogP contribution in [0.15, 0.2) is 36.4 Å². The Balaban J connectivity index is 1.34. The van der Waals surface area contributed by atoms with Crippen LogP contribution in [0.5, 0.6) is 5.75 Å². The lowest BCUT2D eigenvalue weighted by Gasteiger charge is -2.34. The fourth-order valence-electron chi connectivity index (χ4n) is 5.13. The molecule has 2 heterocycles. The summed E-state index contributed by atoms with van der Waals surface area (Å²) in [5.41, 5.74) is 7.70. The Bertz CT molecular complexity index is 1020. The Kier molecular flexibility index (Phi) is 8.92. The molecule has 2 fully saturated rings. The van der Waals surface area contributed by atoms with Gasteiger partial charge in [0, 0.05) is 29.2 Å². The predicted octanol–water partition coefficient (Wildman–Crippen LogP) is 5.27. The van der Waals surface area contributed by atoms with Crippen molar-refractivity contribution in [3.8, 4) is 5.75 Å². The van der Waals surface area contributed by atoms with E-state index in [0.29, 0.717) is 41.3 Å². The fourth-order valence-corrected chi connectivity index (χ4v) is 5.45. The highest BCUT2D eigenvalue weighted by Gasteiger charge is 2.29. The van der Waals surface area contributed by atoms with E-state index in [1.165, 1.54) is 18.9 Å². The van der Waals surface area contributed by atoms with Crippen LogP contribution in [-0.2, 0) is 11.2 Å². The lowest BCUT2D eigenvalue weighted by Crippen LogP contribution is -2.47. The number of hydrogen-bond acceptors (Lipinski definition) is 4. The Hall–Kier alpha value is -1.86. The maximum atomic E-state index is 14.1. The molecule has 0 unspecified atom stereocenters. The summed E-state index contributed by atoms with van der Waals surface area (Å²) in [6.45, 7) is 6.30. The van der Waals surface area contributed by atoms with Gasteiger partial charge < -0.3 is 15.4 Å². The molecule has 2 atom stereocenters. The zero-order chi connectivity index (χ0) is 24.9. The summed E-state index contributed by atoms with van der Waals surface area (Å²) >= 11 is 12.1. The molecule has 5 nitrogen and oxygen atoms in total. The van der Waals surface area contributed by atoms with Gasteiger partial charge in [-0.3, -0.25) is 9.69 Å². The van der Waals surface area contributed by atoms with Crippen LogP contribution in [0, 0.1) is 5.82 Å². The van der Waals surface area contributed by atoms with Crippen LogP contribution < -0.4 is 10.5 Å². The summed E-state index contributed by atoms with van der Waals surface area (Å²) in [5, 5.41) is 0.981. The second-order valence-corrected chi connectivity index (χ2v) is 10.6. The van der Waals surface area contributed by atoms with Crippen LogP contribution in [0.3, 0.4) is 0 Å². The fraction of sp³-hybridized carbons (Fsp3) is 0.519. The van der Waals surface area contributed by atoms with E-state index in [9.17, 15) is 9.18 Å². The molecule has 2 aliphatic rings. The maximum absolute atomic E-state index is 14.1. The number of hydrogen-bond donors (Lipinski definition) is 1. The summed E-state index contributed by atoms with van der Waals surface area (Å²) < 4.78 is 20.4. The number of nitrogens with zero attached hydrogens (tertiary/aromatic N) is 2. The maximum Gasteiger partial charge on any atom is 0.239 e. The zero-order valence-electron chi connectivity index (χ0n) is 20.2. The smallest absolute Gasteiger partial charge is 0.239 e. The highest BCUT2D eigenvalue weighted by molar-refractivity contribution is 6.31. The van der Waals surface area contributed by atoms with Gasteiger partial charge >= 0.3 is 0 Å². The summed E-state index contributed by atoms with van der Waals surface area (Å²) in [7, 11) is 0. The van der Waals surface area contributed by atoms with Crippen molar-refractivity contribution < 1.29 is 13.9 Å². The second-order valence-electron chi connectivity index (χ2n) is 9.73. The Morgan fingerprint density at radius 2 is 1.74 bits per heavy atom. The molecule has 35 heavy (non-hydrogen) atoms. The van der Waals surface area contributed by atoms with Gasteiger partial charge in [0.2, 0.25) is 5.91 Å². The van der Waals surface area contributed by atoms with Gasteiger partial charge in [-0.25, -0.2) is 4.39 Å². The molecule has 4 rings (SSSR count). The minimum absolute atomic E-state index is 0.145. The average molecular weight is 522 g/mol. The van der Waals surface area contributed by atoms with Crippen molar-refractivity contribution >= 4 is 29.1 Å². The first-order chi connectivity index (χ1) is 16.8. The van der Waals surface area contributed by atoms with Gasteiger partial charge in [-0.2, -0.15) is 0 Å². The van der Waals surface area contributed by atoms with Crippen molar-refractivity contribution in [3.05, 3.63) is 63.4 Å². The van der Waals surface area contributed by atoms with Gasteiger partial charge in [0.05, 0.1) is 6.04 Å². The van der Waals surface area contributed by atoms with E-state index in [-0.39, 0.29) is 18.2 Å². The molecule has 2 aromatic carbocycles. The van der Waals surface area contributed by atoms with Crippen molar-refractivity contribution in [1.82, 2.24) is 9.80 Å². The summed E-state index contributed by atoms with van der Waals surface area (Å²) in [5.74, 6) is 0.528. The summed E-state index contributed by atoms with van der Waals surface area (Å²) in [6, 6.07) is 9.87. The van der Waals surface area contributed by atoms with Crippen LogP contribution >= 0.6 is 23.2 Å². The van der Waals surface area contributed by atoms with E-state index in [1.54, 1.807) is 17.0 Å². The molecule has 0 aliphatic carbocycles. The minimum Gasteiger partial charge on any atom is -0.492 e. The van der Waals surface area contributed by atoms with E-state index in [2.05, 4.69) is 17.9 Å². The SMILES string of the molecule is C[C@@H](COc1cc(Cl)ccc1C1CCN(C(=O)[C@H](N)Cc2ccc(Cl)cc2F)CC1)N1CCCC1. The lowest BCUT2D eigenvalue weighted by atomic mass is 9.88. The number of nitrogens with two attached hydrogens (primary N) is 1. The van der Waals surface area contributed by atoms with Gasteiger partial charge in [-0.15, -0.1) is 0 Å². The van der Waals surface area contributed by atoms with E-state index in [4.69, 9.17) is 33.7 Å². The van der Waals surface area contributed by atoms with E-state index in [1.807, 2.05) is 12.1 Å². The molecule has 0 spiro atoms. The van der Waals surface area contributed by atoms with Crippen molar-refractivity contribution in [2.75, 3.05) is 32.8 Å². The van der Waals surface area contributed by atoms with Gasteiger partial charge in [0.25, 0.3) is 0 Å². The highest BCUT2D eigenvalue weighted by atomic mass is 35.5. The first kappa shape index (κ1) is 26.2. The van der Waals surface area contributed by atoms with Crippen molar-refractivity contribution in [1.29, 1.82) is 0 Å². The molecule has 2 aliphatic heterocycles. The Morgan fingerprint density at radius 1 is 1.09 bits per heavy atom. The third-order valence-corrected chi connectivity index (χ3v) is 7.71. The molecule has 1 amide bonds. The van der Waals surface area contributed by atoms with Gasteiger partial charge in [-0.05, 0) is 93.4 Å². The molecule has 0 bridgehead atoms. The van der Waals surface area contributed by atoms with Crippen LogP contribution in [0.2, 0.25) is 10.0 Å². The molecule has 0 saturated carbocycles. The number of halogens is 3. The first-order valence-corrected chi connectivity index (χ1v) is 13.2. The lowest BCUT2D eigenvalue weighted by molar-refractivity contribution is -0.133. The Labute approximate surface area is 217 Å². The topological polar surface area (TPSA) is 58.8 Å². The Morgan fingerprint density at radius 3 is 2.43 bits per heavy atom. The number of rotatable bonds is 8. The molecule has 8 heteroatoms. The third kappa shape index (κ3) is 6.67. The van der Waals surface area contributed by atoms with Gasteiger partial charge in [0.1, 0.15) is 18.2 Å². The molecule has 190 valence electrons. The van der Waals surface area contributed by atoms with Crippen molar-refractivity contribution in [2.45, 2.75) is 57.0 Å². The van der Waals surface area contributed by atoms with E-state index >= 15 is 0 Å². The number of ether oxygens (including phenoxy) is 1. The number of carbonyl (C=O) groups excluding carboxylic acids is 1. The molecular weight excluding hydrogens is 488 g/mol. The number of benzene rings is 2. The van der Waals surface area contributed by atoms with Gasteiger partial charge in [-0.1, -0.05) is 35.3 Å². The van der Waals surface area contributed by atoms with Crippen molar-refractivity contribution in [3.63, 3.8) is 0 Å². The molecule has 0 aromatic heterocycles. The summed E-state index contributed by atoms with van der Waals surface area (Å²) in [6.07, 6.45) is 4.28. The minimum atomic E-state index is -0.788. The monoisotopic (exact) mass is 521 g/mol. The van der Waals surface area contributed by atoms with E-state index in [0.717, 1.165) is 37.2 Å². The standard InChI is InChI=1S/C27H34Cl2FN3O2/c1-18(32-10-2-3-11-32)17-35-26-16-22(29)6-7-23(26)19-8-12-33(13-9-19)27(34)25(31)14-20-4-5-21(28)15-24(20)30/h4-7,15-16,18-19,25H,2-3,8-14,17,31H2,1H3/t18-,25+/m0/s1. The number of carbonyl (C=O) groups is 1. The molecule has 0 radical (unpaired) electrons. The van der Waals surface area contributed by atoms with Gasteiger partial charge in [0.15, 0.2) is 0 Å². The van der Waals surface area contributed by atoms with Crippen LogP contribution in [0.1, 0.15) is 49.7 Å². The summed E-state index contributed by atoms with van der Waals surface area (Å²) in [4.78, 5) is 17.2. The average Bonchev–Trinajstić information content (AvgIpc) is 3.39. The molecule has 2 aromatic rings. The largest absolute Gasteiger partial charge is 0.492 e. The molecule has 2 N–H and O–H groups in total. The quantitative estimate of drug-likeness (QED) is 0.513. The number of piperidine rings is 1. The first-order valence-electron chi connectivity index (χ1n) is 12.5. The number of likely N-dealkylation sites (tertiary alicyclic amines) is 2. The third-order valence-electron chi connectivity index (χ3n) is 7.24.